The topological polar surface area (TPSA) is 20.5 Å². The second-order valence-electron chi connectivity index (χ2n) is 4.35. The number of rotatable bonds is 1. The summed E-state index contributed by atoms with van der Waals surface area (Å²) >= 11 is 0. The van der Waals surface area contributed by atoms with Gasteiger partial charge in [0.2, 0.25) is 0 Å². The highest BCUT2D eigenvalue weighted by molar-refractivity contribution is 5.67. The summed E-state index contributed by atoms with van der Waals surface area (Å²) in [5, 5.41) is 0. The highest BCUT2D eigenvalue weighted by Gasteiger charge is 2.09. The van der Waals surface area contributed by atoms with E-state index in [0.717, 1.165) is 25.2 Å². The summed E-state index contributed by atoms with van der Waals surface area (Å²) in [7, 11) is 2.16. The molecule has 0 saturated carbocycles. The first-order valence-electron chi connectivity index (χ1n) is 5.63. The van der Waals surface area contributed by atoms with Crippen molar-refractivity contribution in [1.82, 2.24) is 14.3 Å². The first-order chi connectivity index (χ1) is 7.83. The summed E-state index contributed by atoms with van der Waals surface area (Å²) in [6.45, 7) is 2.20. The number of hydrogen-bond donors (Lipinski definition) is 0. The molecule has 0 atom stereocenters. The molecule has 0 aliphatic carbocycles. The molecule has 0 bridgehead atoms. The third kappa shape index (κ3) is 1.63. The Bertz CT molecular complexity index is 539. The Balaban J connectivity index is 1.99. The van der Waals surface area contributed by atoms with E-state index in [4.69, 9.17) is 0 Å². The van der Waals surface area contributed by atoms with Crippen LogP contribution in [-0.4, -0.2) is 34.4 Å². The fraction of sp³-hybridized carbons (Fsp3) is 0.308. The molecule has 3 heterocycles. The van der Waals surface area contributed by atoms with E-state index in [1.807, 2.05) is 12.4 Å². The van der Waals surface area contributed by atoms with Crippen LogP contribution in [0.15, 0.2) is 36.8 Å². The predicted octanol–water partition coefficient (Wildman–Crippen LogP) is 2.05. The lowest BCUT2D eigenvalue weighted by Gasteiger charge is -2.22. The Hall–Kier alpha value is -1.61. The van der Waals surface area contributed by atoms with E-state index in [-0.39, 0.29) is 0 Å². The van der Waals surface area contributed by atoms with Crippen LogP contribution < -0.4 is 0 Å². The van der Waals surface area contributed by atoms with Gasteiger partial charge in [-0.25, -0.2) is 4.98 Å². The molecule has 0 spiro atoms. The molecular weight excluding hydrogens is 198 g/mol. The van der Waals surface area contributed by atoms with Crippen molar-refractivity contribution in [2.24, 2.45) is 0 Å². The highest BCUT2D eigenvalue weighted by atomic mass is 15.1. The second-order valence-corrected chi connectivity index (χ2v) is 4.35. The third-order valence-electron chi connectivity index (χ3n) is 3.17. The van der Waals surface area contributed by atoms with Crippen molar-refractivity contribution >= 4 is 11.2 Å². The van der Waals surface area contributed by atoms with E-state index in [0.29, 0.717) is 0 Å². The zero-order valence-electron chi connectivity index (χ0n) is 9.43. The fourth-order valence-electron chi connectivity index (χ4n) is 2.14. The average Bonchev–Trinajstić information content (AvgIpc) is 2.77. The van der Waals surface area contributed by atoms with E-state index in [2.05, 4.69) is 45.7 Å². The Morgan fingerprint density at radius 1 is 1.31 bits per heavy atom. The van der Waals surface area contributed by atoms with Crippen LogP contribution in [0.3, 0.4) is 0 Å². The van der Waals surface area contributed by atoms with Gasteiger partial charge in [-0.2, -0.15) is 0 Å². The van der Waals surface area contributed by atoms with E-state index >= 15 is 0 Å². The van der Waals surface area contributed by atoms with Gasteiger partial charge >= 0.3 is 0 Å². The number of nitrogens with zero attached hydrogens (tertiary/aromatic N) is 3. The Kier molecular flexibility index (Phi) is 2.26. The highest BCUT2D eigenvalue weighted by Crippen LogP contribution is 2.21. The lowest BCUT2D eigenvalue weighted by atomic mass is 10.0. The molecule has 0 aromatic carbocycles. The van der Waals surface area contributed by atoms with Crippen molar-refractivity contribution in [2.75, 3.05) is 20.1 Å². The second kappa shape index (κ2) is 3.76. The SMILES string of the molecule is CN1CC=C(c2ccc3nccn3c2)CC1. The Labute approximate surface area is 95.0 Å². The van der Waals surface area contributed by atoms with Crippen LogP contribution in [0.2, 0.25) is 0 Å². The smallest absolute Gasteiger partial charge is 0.136 e. The van der Waals surface area contributed by atoms with Gasteiger partial charge in [-0.05, 0) is 36.7 Å². The molecule has 16 heavy (non-hydrogen) atoms. The van der Waals surface area contributed by atoms with Crippen molar-refractivity contribution in [1.29, 1.82) is 0 Å². The molecule has 3 nitrogen and oxygen atoms in total. The van der Waals surface area contributed by atoms with Gasteiger partial charge in [-0.15, -0.1) is 0 Å². The van der Waals surface area contributed by atoms with Crippen molar-refractivity contribution in [3.8, 4) is 0 Å². The van der Waals surface area contributed by atoms with Gasteiger partial charge in [0.1, 0.15) is 5.65 Å². The molecule has 2 aromatic rings. The number of fused-ring (bicyclic) bond motifs is 1. The van der Waals surface area contributed by atoms with Crippen molar-refractivity contribution < 1.29 is 0 Å². The molecular formula is C13H15N3. The first kappa shape index (κ1) is 9.60. The summed E-state index contributed by atoms with van der Waals surface area (Å²) in [5.41, 5.74) is 3.78. The van der Waals surface area contributed by atoms with Gasteiger partial charge in [-0.1, -0.05) is 6.08 Å². The Morgan fingerprint density at radius 3 is 3.06 bits per heavy atom. The largest absolute Gasteiger partial charge is 0.307 e. The van der Waals surface area contributed by atoms with Crippen molar-refractivity contribution in [2.45, 2.75) is 6.42 Å². The normalized spacial score (nSPS) is 17.7. The molecule has 1 aliphatic rings. The molecule has 0 unspecified atom stereocenters. The van der Waals surface area contributed by atoms with Gasteiger partial charge in [0.15, 0.2) is 0 Å². The standard InChI is InChI=1S/C13H15N3/c1-15-7-4-11(5-8-15)12-2-3-13-14-6-9-16(13)10-12/h2-4,6,9-10H,5,7-8H2,1H3. The van der Waals surface area contributed by atoms with Gasteiger partial charge in [-0.3, -0.25) is 0 Å². The number of hydrogen-bond acceptors (Lipinski definition) is 2. The summed E-state index contributed by atoms with van der Waals surface area (Å²) in [6, 6.07) is 4.24. The number of aromatic nitrogens is 2. The minimum Gasteiger partial charge on any atom is -0.307 e. The van der Waals surface area contributed by atoms with Gasteiger partial charge < -0.3 is 9.30 Å². The van der Waals surface area contributed by atoms with Crippen LogP contribution in [0, 0.1) is 0 Å². The zero-order chi connectivity index (χ0) is 11.0. The average molecular weight is 213 g/mol. The molecule has 1 aliphatic heterocycles. The molecule has 0 fully saturated rings. The zero-order valence-corrected chi connectivity index (χ0v) is 9.43. The maximum absolute atomic E-state index is 4.25. The summed E-state index contributed by atoms with van der Waals surface area (Å²) < 4.78 is 2.08. The third-order valence-corrected chi connectivity index (χ3v) is 3.17. The number of imidazole rings is 1. The Morgan fingerprint density at radius 2 is 2.25 bits per heavy atom. The first-order valence-corrected chi connectivity index (χ1v) is 5.63. The molecule has 2 aromatic heterocycles. The lowest BCUT2D eigenvalue weighted by molar-refractivity contribution is 0.370. The predicted molar refractivity (Wildman–Crippen MR) is 65.3 cm³/mol. The van der Waals surface area contributed by atoms with Gasteiger partial charge in [0.05, 0.1) is 0 Å². The molecule has 3 heteroatoms. The lowest BCUT2D eigenvalue weighted by Crippen LogP contribution is -2.23. The monoisotopic (exact) mass is 213 g/mol. The van der Waals surface area contributed by atoms with E-state index in [1.165, 1.54) is 11.1 Å². The molecule has 0 saturated heterocycles. The quantitative estimate of drug-likeness (QED) is 0.722. The summed E-state index contributed by atoms with van der Waals surface area (Å²) in [4.78, 5) is 6.58. The van der Waals surface area contributed by atoms with Crippen LogP contribution in [0.5, 0.6) is 0 Å². The van der Waals surface area contributed by atoms with Crippen LogP contribution in [0.1, 0.15) is 12.0 Å². The molecule has 82 valence electrons. The number of likely N-dealkylation sites (N-methyl/N-ethyl adjacent to an activating group) is 1. The molecule has 3 rings (SSSR count). The maximum Gasteiger partial charge on any atom is 0.136 e. The summed E-state index contributed by atoms with van der Waals surface area (Å²) in [6.07, 6.45) is 9.45. The number of pyridine rings is 1. The van der Waals surface area contributed by atoms with E-state index in [9.17, 15) is 0 Å². The minimum absolute atomic E-state index is 1.01. The van der Waals surface area contributed by atoms with E-state index in [1.54, 1.807) is 0 Å². The van der Waals surface area contributed by atoms with Crippen LogP contribution in [0.4, 0.5) is 0 Å². The maximum atomic E-state index is 4.25. The van der Waals surface area contributed by atoms with Gasteiger partial charge in [0, 0.05) is 31.7 Å². The fourth-order valence-corrected chi connectivity index (χ4v) is 2.14. The van der Waals surface area contributed by atoms with Crippen molar-refractivity contribution in [3.05, 3.63) is 42.4 Å². The molecule has 0 amide bonds. The van der Waals surface area contributed by atoms with Crippen LogP contribution in [-0.2, 0) is 0 Å². The van der Waals surface area contributed by atoms with Crippen molar-refractivity contribution in [3.63, 3.8) is 0 Å². The van der Waals surface area contributed by atoms with Gasteiger partial charge in [0.25, 0.3) is 0 Å². The molecule has 0 radical (unpaired) electrons. The van der Waals surface area contributed by atoms with E-state index < -0.39 is 0 Å². The molecule has 0 N–H and O–H groups in total. The van der Waals surface area contributed by atoms with Crippen LogP contribution >= 0.6 is 0 Å². The minimum atomic E-state index is 1.01. The van der Waals surface area contributed by atoms with Crippen LogP contribution in [0.25, 0.3) is 11.2 Å². The summed E-state index contributed by atoms with van der Waals surface area (Å²) in [5.74, 6) is 0.